The number of fused-ring (bicyclic) bond motifs is 4. The van der Waals surface area contributed by atoms with Crippen molar-refractivity contribution in [1.82, 2.24) is 20.2 Å². The van der Waals surface area contributed by atoms with Gasteiger partial charge < -0.3 is 0 Å². The Balaban J connectivity index is 1.23. The number of hydrogen-bond donors (Lipinski definition) is 2. The van der Waals surface area contributed by atoms with Gasteiger partial charge in [-0.15, -0.1) is 0 Å². The number of amides is 2. The number of ether oxygens (including phenoxy) is 1. The molecule has 0 radical (unpaired) electrons. The molecule has 6 rings (SSSR count). The molecule has 8 nitrogen and oxygen atoms in total. The fraction of sp³-hybridized carbons (Fsp3) is 0.429. The number of rotatable bonds is 5. The second-order valence-electron chi connectivity index (χ2n) is 9.99. The van der Waals surface area contributed by atoms with Gasteiger partial charge in [-0.05, 0) is 0 Å². The van der Waals surface area contributed by atoms with Crippen molar-refractivity contribution in [3.05, 3.63) is 66.0 Å². The number of carbonyl (C=O) groups is 2. The molecule has 2 aromatic carbocycles. The Morgan fingerprint density at radius 1 is 1.08 bits per heavy atom. The van der Waals surface area contributed by atoms with Gasteiger partial charge in [0.2, 0.25) is 0 Å². The van der Waals surface area contributed by atoms with Crippen molar-refractivity contribution >= 4 is 48.6 Å². The van der Waals surface area contributed by atoms with Gasteiger partial charge >= 0.3 is 208 Å². The van der Waals surface area contributed by atoms with Crippen LogP contribution >= 0.6 is 20.1 Å². The van der Waals surface area contributed by atoms with Crippen LogP contribution in [0.15, 0.2) is 54.9 Å². The second kappa shape index (κ2) is 10.5. The molecule has 1 aliphatic carbocycles. The van der Waals surface area contributed by atoms with Gasteiger partial charge in [-0.3, -0.25) is 4.98 Å². The van der Waals surface area contributed by atoms with Gasteiger partial charge in [0.05, 0.1) is 0 Å². The van der Waals surface area contributed by atoms with E-state index in [1.165, 1.54) is 5.56 Å². The number of nitrogens with one attached hydrogen (secondary N) is 2. The Bertz CT molecular complexity index is 1320. The summed E-state index contributed by atoms with van der Waals surface area (Å²) in [5.41, 5.74) is 4.36. The zero-order valence-corrected chi connectivity index (χ0v) is 23.1. The SMILES string of the molecule is COCI1Nc2ccccc2[C@H]2[C@@H]1CCN2C(=O)[C@H]1CCCC[C@H]1NC(=O)c1ccc2nccnc2c1. The number of aromatic nitrogens is 2. The van der Waals surface area contributed by atoms with E-state index in [2.05, 4.69) is 48.0 Å². The van der Waals surface area contributed by atoms with Gasteiger partial charge in [-0.1, -0.05) is 0 Å². The predicted octanol–water partition coefficient (Wildman–Crippen LogP) is 4.71. The number of nitrogens with zero attached hydrogens (tertiary/aromatic N) is 3. The average molecular weight is 614 g/mol. The quantitative estimate of drug-likeness (QED) is 0.246. The van der Waals surface area contributed by atoms with Crippen LogP contribution in [0.2, 0.25) is 0 Å². The van der Waals surface area contributed by atoms with Crippen LogP contribution in [0.1, 0.15) is 54.1 Å². The minimum atomic E-state index is -1.65. The van der Waals surface area contributed by atoms with Crippen LogP contribution in [-0.2, 0) is 9.53 Å². The Labute approximate surface area is 224 Å². The Hall–Kier alpha value is -2.79. The second-order valence-corrected chi connectivity index (χ2v) is 15.0. The van der Waals surface area contributed by atoms with Gasteiger partial charge in [0.1, 0.15) is 0 Å². The molecule has 2 N–H and O–H groups in total. The molecule has 37 heavy (non-hydrogen) atoms. The summed E-state index contributed by atoms with van der Waals surface area (Å²) in [5.74, 6) is -0.174. The molecule has 9 heteroatoms. The number of benzene rings is 2. The number of methoxy groups -OCH3 is 1. The van der Waals surface area contributed by atoms with E-state index in [-0.39, 0.29) is 29.8 Å². The van der Waals surface area contributed by atoms with E-state index in [9.17, 15) is 9.59 Å². The summed E-state index contributed by atoms with van der Waals surface area (Å²) in [4.78, 5) is 38.2. The standard InChI is InChI=1S/C28H32IN5O3/c1-37-17-29-21-12-15-34(26(21)19-6-2-5-9-23(19)33-29)28(36)20-7-3-4-8-22(20)32-27(35)18-10-11-24-25(16-18)31-14-13-30-24/h2,5-6,9-11,13-14,16,20-22,26,33H,3-4,7-8,12,15,17H2,1H3,(H,32,35)/t20-,21-,22+,26-/m0/s1. The molecule has 0 unspecified atom stereocenters. The summed E-state index contributed by atoms with van der Waals surface area (Å²) in [6.45, 7) is 0.766. The van der Waals surface area contributed by atoms with Crippen LogP contribution < -0.4 is 8.85 Å². The number of hydrogen-bond acceptors (Lipinski definition) is 6. The van der Waals surface area contributed by atoms with E-state index >= 15 is 0 Å². The molecule has 1 saturated carbocycles. The summed E-state index contributed by atoms with van der Waals surface area (Å²) in [6, 6.07) is 13.7. The van der Waals surface area contributed by atoms with Crippen molar-refractivity contribution in [3.63, 3.8) is 0 Å². The fourth-order valence-electron chi connectivity index (χ4n) is 6.08. The number of para-hydroxylation sites is 1. The minimum absolute atomic E-state index is 0.0997. The van der Waals surface area contributed by atoms with Crippen molar-refractivity contribution in [1.29, 1.82) is 0 Å². The molecule has 0 spiro atoms. The molecule has 2 fully saturated rings. The normalized spacial score (nSPS) is 25.8. The zero-order valence-electron chi connectivity index (χ0n) is 20.9. The Morgan fingerprint density at radius 2 is 1.89 bits per heavy atom. The van der Waals surface area contributed by atoms with Crippen molar-refractivity contribution in [2.24, 2.45) is 5.92 Å². The number of anilines is 1. The van der Waals surface area contributed by atoms with E-state index in [0.29, 0.717) is 15.0 Å². The van der Waals surface area contributed by atoms with E-state index in [0.717, 1.165) is 54.5 Å². The molecule has 2 aliphatic heterocycles. The van der Waals surface area contributed by atoms with Crippen LogP contribution in [0.25, 0.3) is 11.0 Å². The maximum atomic E-state index is 14.2. The van der Waals surface area contributed by atoms with Gasteiger partial charge in [-0.25, -0.2) is 0 Å². The topological polar surface area (TPSA) is 96.5 Å². The van der Waals surface area contributed by atoms with Crippen molar-refractivity contribution in [3.8, 4) is 0 Å². The molecule has 1 aromatic heterocycles. The molecule has 3 heterocycles. The summed E-state index contributed by atoms with van der Waals surface area (Å²) >= 11 is -1.65. The molecule has 3 aliphatic rings. The number of alkyl halides is 2. The Kier molecular flexibility index (Phi) is 6.98. The fourth-order valence-corrected chi connectivity index (χ4v) is 11.6. The van der Waals surface area contributed by atoms with Crippen LogP contribution in [0.5, 0.6) is 0 Å². The van der Waals surface area contributed by atoms with Crippen molar-refractivity contribution < 1.29 is 14.3 Å². The molecule has 1 saturated heterocycles. The van der Waals surface area contributed by atoms with Crippen LogP contribution in [-0.4, -0.2) is 54.9 Å². The molecule has 3 aromatic rings. The molecule has 4 atom stereocenters. The van der Waals surface area contributed by atoms with E-state index in [1.807, 2.05) is 6.07 Å². The number of likely N-dealkylation sites (tertiary alicyclic amines) is 1. The zero-order chi connectivity index (χ0) is 25.4. The summed E-state index contributed by atoms with van der Waals surface area (Å²) in [7, 11) is 1.77. The average Bonchev–Trinajstić information content (AvgIpc) is 3.39. The maximum absolute atomic E-state index is 14.2. The third-order valence-electron chi connectivity index (χ3n) is 7.81. The van der Waals surface area contributed by atoms with E-state index in [4.69, 9.17) is 4.74 Å². The first-order chi connectivity index (χ1) is 18.1. The number of halogens is 1. The molecule has 194 valence electrons. The first-order valence-corrected chi connectivity index (χ1v) is 16.8. The molecular formula is C28H32IN5O3. The summed E-state index contributed by atoms with van der Waals surface area (Å²) in [6.07, 6.45) is 7.93. The predicted molar refractivity (Wildman–Crippen MR) is 152 cm³/mol. The first-order valence-electron chi connectivity index (χ1n) is 12.9. The summed E-state index contributed by atoms with van der Waals surface area (Å²) < 4.78 is 10.6. The van der Waals surface area contributed by atoms with Gasteiger partial charge in [0, 0.05) is 12.4 Å². The van der Waals surface area contributed by atoms with Crippen LogP contribution in [0, 0.1) is 5.92 Å². The molecule has 2 amide bonds. The first kappa shape index (κ1) is 24.5. The number of carbonyl (C=O) groups excluding carboxylic acids is 2. The van der Waals surface area contributed by atoms with E-state index in [1.54, 1.807) is 31.6 Å². The van der Waals surface area contributed by atoms with E-state index < -0.39 is 20.1 Å². The molecular weight excluding hydrogens is 581 g/mol. The van der Waals surface area contributed by atoms with Gasteiger partial charge in [-0.2, -0.15) is 0 Å². The van der Waals surface area contributed by atoms with Gasteiger partial charge in [0.15, 0.2) is 0 Å². The van der Waals surface area contributed by atoms with Crippen molar-refractivity contribution in [2.45, 2.75) is 48.1 Å². The summed E-state index contributed by atoms with van der Waals surface area (Å²) in [5, 5.41) is 3.22. The van der Waals surface area contributed by atoms with Crippen LogP contribution in [0.3, 0.4) is 0 Å². The van der Waals surface area contributed by atoms with Crippen molar-refractivity contribution in [2.75, 3.05) is 21.8 Å². The Morgan fingerprint density at radius 3 is 2.76 bits per heavy atom. The van der Waals surface area contributed by atoms with Gasteiger partial charge in [0.25, 0.3) is 0 Å². The molecule has 0 bridgehead atoms. The van der Waals surface area contributed by atoms with Crippen LogP contribution in [0.4, 0.5) is 5.69 Å². The monoisotopic (exact) mass is 613 g/mol. The third kappa shape index (κ3) is 4.67. The third-order valence-corrected chi connectivity index (χ3v) is 13.6.